The fourth-order valence-corrected chi connectivity index (χ4v) is 3.88. The van der Waals surface area contributed by atoms with E-state index in [9.17, 15) is 4.79 Å². The summed E-state index contributed by atoms with van der Waals surface area (Å²) in [7, 11) is 1.66. The van der Waals surface area contributed by atoms with E-state index in [1.807, 2.05) is 48.5 Å². The Bertz CT molecular complexity index is 789. The van der Waals surface area contributed by atoms with E-state index >= 15 is 0 Å². The number of methoxy groups -OCH3 is 1. The summed E-state index contributed by atoms with van der Waals surface area (Å²) in [5.74, 6) is 0.784. The summed E-state index contributed by atoms with van der Waals surface area (Å²) in [5, 5.41) is 3.15. The molecular weight excluding hydrogens is 342 g/mol. The monoisotopic (exact) mass is 367 g/mol. The number of nitrogens with one attached hydrogen (secondary N) is 1. The molecule has 2 aliphatic rings. The van der Waals surface area contributed by atoms with Gasteiger partial charge in [-0.2, -0.15) is 0 Å². The third-order valence-electron chi connectivity index (χ3n) is 5.36. The first-order valence-electron chi connectivity index (χ1n) is 9.51. The highest BCUT2D eigenvalue weighted by atomic mass is 16.6. The minimum atomic E-state index is -0.0348. The summed E-state index contributed by atoms with van der Waals surface area (Å²) in [6.07, 6.45) is 2.98. The van der Waals surface area contributed by atoms with Crippen LogP contribution < -0.4 is 10.1 Å². The average Bonchev–Trinajstić information content (AvgIpc) is 2.74. The normalized spacial score (nSPS) is 24.7. The van der Waals surface area contributed by atoms with Crippen molar-refractivity contribution in [3.63, 3.8) is 0 Å². The summed E-state index contributed by atoms with van der Waals surface area (Å²) in [4.78, 5) is 12.6. The molecule has 142 valence electrons. The van der Waals surface area contributed by atoms with Gasteiger partial charge in [0.1, 0.15) is 5.75 Å². The van der Waals surface area contributed by atoms with E-state index in [0.29, 0.717) is 18.8 Å². The topological polar surface area (TPSA) is 56.8 Å². The van der Waals surface area contributed by atoms with Crippen molar-refractivity contribution in [2.75, 3.05) is 20.3 Å². The van der Waals surface area contributed by atoms with Gasteiger partial charge in [0.2, 0.25) is 0 Å². The van der Waals surface area contributed by atoms with E-state index in [1.54, 1.807) is 7.11 Å². The van der Waals surface area contributed by atoms with Crippen LogP contribution in [-0.2, 0) is 9.47 Å². The van der Waals surface area contributed by atoms with Gasteiger partial charge in [0, 0.05) is 11.6 Å². The zero-order chi connectivity index (χ0) is 18.6. The molecule has 1 aliphatic carbocycles. The van der Waals surface area contributed by atoms with Gasteiger partial charge in [-0.1, -0.05) is 24.3 Å². The van der Waals surface area contributed by atoms with Crippen LogP contribution in [0.1, 0.15) is 29.6 Å². The number of ether oxygens (including phenoxy) is 3. The smallest absolute Gasteiger partial charge is 0.251 e. The van der Waals surface area contributed by atoms with Crippen molar-refractivity contribution in [3.05, 3.63) is 54.1 Å². The molecule has 27 heavy (non-hydrogen) atoms. The maximum Gasteiger partial charge on any atom is 0.251 e. The van der Waals surface area contributed by atoms with Gasteiger partial charge < -0.3 is 19.5 Å². The van der Waals surface area contributed by atoms with Crippen molar-refractivity contribution in [2.45, 2.75) is 37.5 Å². The predicted molar refractivity (Wildman–Crippen MR) is 103 cm³/mol. The largest absolute Gasteiger partial charge is 0.497 e. The molecule has 1 aliphatic heterocycles. The first-order chi connectivity index (χ1) is 13.2. The molecule has 2 aromatic carbocycles. The second-order valence-corrected chi connectivity index (χ2v) is 7.11. The molecule has 0 spiro atoms. The first kappa shape index (κ1) is 18.0. The molecule has 0 bridgehead atoms. The van der Waals surface area contributed by atoms with Crippen molar-refractivity contribution < 1.29 is 19.0 Å². The summed E-state index contributed by atoms with van der Waals surface area (Å²) in [6.45, 7) is 1.32. The van der Waals surface area contributed by atoms with Crippen LogP contribution in [0.15, 0.2) is 48.5 Å². The molecule has 5 heteroatoms. The summed E-state index contributed by atoms with van der Waals surface area (Å²) < 4.78 is 16.8. The van der Waals surface area contributed by atoms with Crippen LogP contribution in [0.2, 0.25) is 0 Å². The third-order valence-corrected chi connectivity index (χ3v) is 5.36. The molecule has 1 amide bonds. The Hall–Kier alpha value is -2.37. The Balaban J connectivity index is 1.39. The van der Waals surface area contributed by atoms with Gasteiger partial charge >= 0.3 is 0 Å². The number of fused-ring (bicyclic) bond motifs is 1. The Morgan fingerprint density at radius 1 is 1.00 bits per heavy atom. The second kappa shape index (κ2) is 8.11. The zero-order valence-electron chi connectivity index (χ0n) is 15.5. The maximum absolute atomic E-state index is 12.6. The Labute approximate surface area is 159 Å². The van der Waals surface area contributed by atoms with Gasteiger partial charge in [-0.15, -0.1) is 0 Å². The molecular formula is C22H25NO4. The van der Waals surface area contributed by atoms with Crippen LogP contribution in [-0.4, -0.2) is 44.5 Å². The summed E-state index contributed by atoms with van der Waals surface area (Å²) in [5.41, 5.74) is 2.79. The van der Waals surface area contributed by atoms with Crippen molar-refractivity contribution >= 4 is 5.91 Å². The van der Waals surface area contributed by atoms with Crippen molar-refractivity contribution in [1.82, 2.24) is 5.32 Å². The van der Waals surface area contributed by atoms with Crippen molar-refractivity contribution in [3.8, 4) is 16.9 Å². The fraction of sp³-hybridized carbons (Fsp3) is 0.409. The zero-order valence-corrected chi connectivity index (χ0v) is 15.5. The van der Waals surface area contributed by atoms with Crippen LogP contribution in [0.5, 0.6) is 5.75 Å². The van der Waals surface area contributed by atoms with E-state index in [0.717, 1.165) is 36.1 Å². The molecule has 2 aromatic rings. The SMILES string of the molecule is COc1cccc(-c2ccc(C(=O)NC3CCC4OCCOC4C3)cc2)c1. The highest BCUT2D eigenvalue weighted by molar-refractivity contribution is 5.94. The molecule has 1 N–H and O–H groups in total. The minimum Gasteiger partial charge on any atom is -0.497 e. The van der Waals surface area contributed by atoms with Gasteiger partial charge in [0.05, 0.1) is 32.5 Å². The number of carbonyl (C=O) groups is 1. The fourth-order valence-electron chi connectivity index (χ4n) is 3.88. The lowest BCUT2D eigenvalue weighted by molar-refractivity contribution is -0.157. The lowest BCUT2D eigenvalue weighted by Gasteiger charge is -2.39. The first-order valence-corrected chi connectivity index (χ1v) is 9.51. The Morgan fingerprint density at radius 2 is 1.78 bits per heavy atom. The summed E-state index contributed by atoms with van der Waals surface area (Å²) >= 11 is 0. The number of hydrogen-bond donors (Lipinski definition) is 1. The Kier molecular flexibility index (Phi) is 5.41. The van der Waals surface area contributed by atoms with E-state index in [1.165, 1.54) is 0 Å². The number of carbonyl (C=O) groups excluding carboxylic acids is 1. The number of rotatable bonds is 4. The molecule has 5 nitrogen and oxygen atoms in total. The van der Waals surface area contributed by atoms with Gasteiger partial charge in [-0.25, -0.2) is 0 Å². The lowest BCUT2D eigenvalue weighted by Crippen LogP contribution is -2.49. The Morgan fingerprint density at radius 3 is 2.56 bits per heavy atom. The molecule has 1 saturated heterocycles. The van der Waals surface area contributed by atoms with Crippen molar-refractivity contribution in [2.24, 2.45) is 0 Å². The molecule has 3 unspecified atom stereocenters. The van der Waals surface area contributed by atoms with Gasteiger partial charge in [0.15, 0.2) is 0 Å². The number of benzene rings is 2. The number of amides is 1. The second-order valence-electron chi connectivity index (χ2n) is 7.11. The molecule has 1 saturated carbocycles. The van der Waals surface area contributed by atoms with Crippen LogP contribution in [0.3, 0.4) is 0 Å². The number of hydrogen-bond acceptors (Lipinski definition) is 4. The van der Waals surface area contributed by atoms with Crippen LogP contribution in [0.25, 0.3) is 11.1 Å². The summed E-state index contributed by atoms with van der Waals surface area (Å²) in [6, 6.07) is 15.7. The molecule has 0 aromatic heterocycles. The highest BCUT2D eigenvalue weighted by Crippen LogP contribution is 2.27. The minimum absolute atomic E-state index is 0.0348. The van der Waals surface area contributed by atoms with Gasteiger partial charge in [-0.05, 0) is 54.7 Å². The van der Waals surface area contributed by atoms with Gasteiger partial charge in [-0.3, -0.25) is 4.79 Å². The standard InChI is InChI=1S/C22H25NO4/c1-25-19-4-2-3-17(13-19)15-5-7-16(8-6-15)22(24)23-18-9-10-20-21(14-18)27-12-11-26-20/h2-8,13,18,20-21H,9-12,14H2,1H3,(H,23,24). The van der Waals surface area contributed by atoms with Gasteiger partial charge in [0.25, 0.3) is 5.91 Å². The van der Waals surface area contributed by atoms with E-state index in [-0.39, 0.29) is 24.2 Å². The molecule has 0 radical (unpaired) electrons. The van der Waals surface area contributed by atoms with Crippen molar-refractivity contribution in [1.29, 1.82) is 0 Å². The van der Waals surface area contributed by atoms with E-state index < -0.39 is 0 Å². The van der Waals surface area contributed by atoms with Crippen LogP contribution in [0, 0.1) is 0 Å². The van der Waals surface area contributed by atoms with E-state index in [2.05, 4.69) is 5.32 Å². The maximum atomic E-state index is 12.6. The molecule has 3 atom stereocenters. The van der Waals surface area contributed by atoms with Crippen LogP contribution in [0.4, 0.5) is 0 Å². The lowest BCUT2D eigenvalue weighted by atomic mass is 9.89. The predicted octanol–water partition coefficient (Wildman–Crippen LogP) is 3.43. The molecule has 2 fully saturated rings. The average molecular weight is 367 g/mol. The third kappa shape index (κ3) is 4.15. The van der Waals surface area contributed by atoms with Crippen LogP contribution >= 0.6 is 0 Å². The quantitative estimate of drug-likeness (QED) is 0.900. The highest BCUT2D eigenvalue weighted by Gasteiger charge is 2.34. The molecule has 4 rings (SSSR count). The van der Waals surface area contributed by atoms with E-state index in [4.69, 9.17) is 14.2 Å². The molecule has 1 heterocycles.